The molecule has 0 unspecified atom stereocenters. The van der Waals surface area contributed by atoms with Crippen molar-refractivity contribution in [1.29, 1.82) is 0 Å². The van der Waals surface area contributed by atoms with Gasteiger partial charge in [-0.1, -0.05) is 18.9 Å². The van der Waals surface area contributed by atoms with Crippen LogP contribution in [0.2, 0.25) is 0 Å². The normalized spacial score (nSPS) is 27.5. The number of anilines is 1. The number of aliphatic hydroxyl groups excluding tert-OH is 5. The number of aliphatic hydroxyl groups is 5. The van der Waals surface area contributed by atoms with Crippen LogP contribution in [-0.2, 0) is 6.42 Å². The van der Waals surface area contributed by atoms with Crippen LogP contribution in [0.3, 0.4) is 0 Å². The fourth-order valence-electron chi connectivity index (χ4n) is 8.99. The van der Waals surface area contributed by atoms with Gasteiger partial charge in [0.15, 0.2) is 0 Å². The Morgan fingerprint density at radius 1 is 0.979 bits per heavy atom. The number of amides is 1. The second-order valence-electron chi connectivity index (χ2n) is 14.5. The average Bonchev–Trinajstić information content (AvgIpc) is 3.73. The third kappa shape index (κ3) is 8.60. The molecule has 4 bridgehead atoms. The molecule has 260 valence electrons. The third-order valence-electron chi connectivity index (χ3n) is 10.9. The summed E-state index contributed by atoms with van der Waals surface area (Å²) < 4.78 is 0. The molecule has 0 aliphatic heterocycles. The topological polar surface area (TPSA) is 208 Å². The highest BCUT2D eigenvalue weighted by Gasteiger charge is 2.50. The fraction of sp³-hybridized carbons (Fsp3) is 0.686. The first-order chi connectivity index (χ1) is 22.5. The Labute approximate surface area is 276 Å². The summed E-state index contributed by atoms with van der Waals surface area (Å²) in [6, 6.07) is 6.41. The van der Waals surface area contributed by atoms with Crippen LogP contribution in [0.4, 0.5) is 5.69 Å². The lowest BCUT2D eigenvalue weighted by atomic mass is 9.48. The van der Waals surface area contributed by atoms with Crippen LogP contribution in [0.5, 0.6) is 0 Å². The van der Waals surface area contributed by atoms with Crippen LogP contribution in [0.1, 0.15) is 109 Å². The molecule has 1 amide bonds. The number of carbonyl (C=O) groups excluding carboxylic acids is 1. The summed E-state index contributed by atoms with van der Waals surface area (Å²) in [6.07, 6.45) is 9.48. The van der Waals surface area contributed by atoms with Crippen LogP contribution >= 0.6 is 0 Å². The first kappa shape index (κ1) is 35.4. The second-order valence-corrected chi connectivity index (χ2v) is 14.5. The van der Waals surface area contributed by atoms with Crippen molar-refractivity contribution in [2.75, 3.05) is 25.5 Å². The van der Waals surface area contributed by atoms with Crippen molar-refractivity contribution in [2.24, 2.45) is 23.2 Å². The minimum atomic E-state index is -1.55. The van der Waals surface area contributed by atoms with Crippen molar-refractivity contribution in [2.45, 2.75) is 107 Å². The lowest BCUT2D eigenvalue weighted by Crippen LogP contribution is -2.48. The molecule has 2 aromatic rings. The van der Waals surface area contributed by atoms with E-state index in [4.69, 9.17) is 25.4 Å². The van der Waals surface area contributed by atoms with Gasteiger partial charge in [-0.3, -0.25) is 4.79 Å². The zero-order chi connectivity index (χ0) is 33.7. The van der Waals surface area contributed by atoms with Crippen molar-refractivity contribution in [3.63, 3.8) is 0 Å². The van der Waals surface area contributed by atoms with Crippen LogP contribution in [0.25, 0.3) is 0 Å². The number of hydrogen-bond donors (Lipinski definition) is 9. The van der Waals surface area contributed by atoms with E-state index >= 15 is 0 Å². The number of nitrogens with zero attached hydrogens (tertiary/aromatic N) is 1. The van der Waals surface area contributed by atoms with E-state index in [0.29, 0.717) is 22.7 Å². The lowest BCUT2D eigenvalue weighted by Gasteiger charge is -2.57. The quantitative estimate of drug-likeness (QED) is 0.154. The number of aromatic nitrogens is 2. The highest BCUT2D eigenvalue weighted by Crippen LogP contribution is 2.61. The highest BCUT2D eigenvalue weighted by molar-refractivity contribution is 6.04. The summed E-state index contributed by atoms with van der Waals surface area (Å²) in [5, 5.41) is 59.7. The maximum Gasteiger partial charge on any atom is 0.335 e. The smallest absolute Gasteiger partial charge is 0.335 e. The Hall–Kier alpha value is -2.87. The molecule has 9 N–H and O–H groups in total. The molecule has 0 radical (unpaired) electrons. The summed E-state index contributed by atoms with van der Waals surface area (Å²) in [6.45, 7) is -0.569. The van der Waals surface area contributed by atoms with E-state index in [2.05, 4.69) is 15.6 Å². The monoisotopic (exact) mass is 656 g/mol. The minimum absolute atomic E-state index is 0.0936. The number of aromatic amines is 1. The summed E-state index contributed by atoms with van der Waals surface area (Å²) in [5.74, 6) is 2.89. The Balaban J connectivity index is 0.000000285. The van der Waals surface area contributed by atoms with Crippen molar-refractivity contribution in [3.05, 3.63) is 47.0 Å². The summed E-state index contributed by atoms with van der Waals surface area (Å²) in [4.78, 5) is 33.1. The van der Waals surface area contributed by atoms with E-state index in [1.807, 2.05) is 0 Å². The van der Waals surface area contributed by atoms with Crippen LogP contribution in [-0.4, -0.2) is 97.1 Å². The van der Waals surface area contributed by atoms with Crippen LogP contribution in [0.15, 0.2) is 24.3 Å². The molecule has 0 saturated heterocycles. The Bertz CT molecular complexity index is 1320. The van der Waals surface area contributed by atoms with Gasteiger partial charge < -0.3 is 46.3 Å². The average molecular weight is 657 g/mol. The number of hydrogen-bond acceptors (Lipinski definition) is 9. The molecule has 5 fully saturated rings. The van der Waals surface area contributed by atoms with Crippen LogP contribution < -0.4 is 10.6 Å². The van der Waals surface area contributed by atoms with Gasteiger partial charge in [0.25, 0.3) is 5.91 Å². The zero-order valence-corrected chi connectivity index (χ0v) is 27.3. The van der Waals surface area contributed by atoms with Crippen molar-refractivity contribution >= 4 is 17.6 Å². The van der Waals surface area contributed by atoms with Gasteiger partial charge in [0.2, 0.25) is 0 Å². The van der Waals surface area contributed by atoms with Crippen molar-refractivity contribution in [3.8, 4) is 0 Å². The largest absolute Gasteiger partial charge is 0.478 e. The number of nitrogens with one attached hydrogen (secondary N) is 3. The van der Waals surface area contributed by atoms with Gasteiger partial charge in [-0.15, -0.1) is 0 Å². The molecule has 4 atom stereocenters. The molecule has 47 heavy (non-hydrogen) atoms. The van der Waals surface area contributed by atoms with E-state index in [1.54, 1.807) is 19.2 Å². The van der Waals surface area contributed by atoms with Crippen molar-refractivity contribution < 1.29 is 40.2 Å². The minimum Gasteiger partial charge on any atom is -0.478 e. The van der Waals surface area contributed by atoms with Gasteiger partial charge in [-0.25, -0.2) is 9.78 Å². The molecular formula is C35H52N4O8. The first-order valence-electron chi connectivity index (χ1n) is 17.2. The van der Waals surface area contributed by atoms with Crippen LogP contribution in [0, 0.1) is 23.2 Å². The molecule has 0 spiro atoms. The maximum absolute atomic E-state index is 13.3. The van der Waals surface area contributed by atoms with Gasteiger partial charge in [-0.05, 0) is 113 Å². The number of aromatic carboxylic acids is 1. The molecule has 12 nitrogen and oxygen atoms in total. The maximum atomic E-state index is 13.3. The number of aryl methyl sites for hydroxylation is 1. The summed E-state index contributed by atoms with van der Waals surface area (Å²) >= 11 is 0. The molecular weight excluding hydrogens is 604 g/mol. The number of H-pyrrole nitrogens is 1. The van der Waals surface area contributed by atoms with Crippen molar-refractivity contribution in [1.82, 2.24) is 15.3 Å². The zero-order valence-electron chi connectivity index (χ0n) is 27.3. The molecule has 5 saturated carbocycles. The van der Waals surface area contributed by atoms with Gasteiger partial charge in [0.05, 0.1) is 18.3 Å². The van der Waals surface area contributed by atoms with Gasteiger partial charge >= 0.3 is 5.97 Å². The summed E-state index contributed by atoms with van der Waals surface area (Å²) in [5.41, 5.74) is 2.56. The van der Waals surface area contributed by atoms with Gasteiger partial charge in [0.1, 0.15) is 29.8 Å². The Morgan fingerprint density at radius 3 is 2.17 bits per heavy atom. The van der Waals surface area contributed by atoms with Gasteiger partial charge in [0, 0.05) is 23.8 Å². The predicted octanol–water partition coefficient (Wildman–Crippen LogP) is 2.81. The van der Waals surface area contributed by atoms with Gasteiger partial charge in [-0.2, -0.15) is 0 Å². The number of benzene rings is 1. The number of carbonyl (C=O) groups is 2. The number of carboxylic acid groups (broad SMARTS) is 1. The predicted molar refractivity (Wildman–Crippen MR) is 175 cm³/mol. The van der Waals surface area contributed by atoms with E-state index in [0.717, 1.165) is 55.0 Å². The Kier molecular flexibility index (Phi) is 11.7. The summed E-state index contributed by atoms with van der Waals surface area (Å²) in [7, 11) is 1.57. The SMILES string of the molecule is CNC[C@H](O)[C@@H](O)[C@H](O)[C@H](O)CO.O=C(O)c1cccc(NC(=O)c2nc(C3CCCC3)[nH]c2CCC23CC4CC(CC(C4)C2)C3)c1. The molecule has 1 aromatic carbocycles. The molecule has 1 heterocycles. The fourth-order valence-corrected chi connectivity index (χ4v) is 8.99. The molecule has 5 aliphatic carbocycles. The Morgan fingerprint density at radius 2 is 1.60 bits per heavy atom. The third-order valence-corrected chi connectivity index (χ3v) is 10.9. The molecule has 12 heteroatoms. The highest BCUT2D eigenvalue weighted by atomic mass is 16.4. The number of rotatable bonds is 13. The first-order valence-corrected chi connectivity index (χ1v) is 17.2. The van der Waals surface area contributed by atoms with E-state index in [1.165, 1.54) is 63.5 Å². The number of carboxylic acids is 1. The van der Waals surface area contributed by atoms with E-state index in [-0.39, 0.29) is 18.0 Å². The molecule has 7 rings (SSSR count). The standard InChI is InChI=1S/C28H35N3O3.C7H17NO5/c32-26(29-22-7-3-6-21(13-22)27(33)34)24-23(30-25(31-24)20-4-1-2-5-20)8-9-28-14-17-10-18(15-28)12-19(11-17)16-28;1-8-2-4(10)6(12)7(13)5(11)3-9/h3,6-7,13,17-20H,1-2,4-5,8-12,14-16H2,(H,29,32)(H,30,31)(H,33,34);4-13H,2-3H2,1H3/t;4-,5+,6+,7+/m.0/s1. The molecule has 1 aromatic heterocycles. The second kappa shape index (κ2) is 15.6. The number of imidazole rings is 1. The molecule has 5 aliphatic rings. The van der Waals surface area contributed by atoms with E-state index < -0.39 is 37.0 Å². The number of likely N-dealkylation sites (N-methyl/N-ethyl adjacent to an activating group) is 1. The lowest BCUT2D eigenvalue weighted by molar-refractivity contribution is -0.113. The van der Waals surface area contributed by atoms with E-state index in [9.17, 15) is 19.8 Å².